The summed E-state index contributed by atoms with van der Waals surface area (Å²) < 4.78 is 30.7. The highest BCUT2D eigenvalue weighted by Gasteiger charge is 2.23. The zero-order chi connectivity index (χ0) is 17.7. The molecule has 0 aliphatic heterocycles. The van der Waals surface area contributed by atoms with E-state index in [-0.39, 0.29) is 11.5 Å². The predicted octanol–water partition coefficient (Wildman–Crippen LogP) is 3.36. The molecule has 0 amide bonds. The molecular formula is C16H15Cl2NO4S. The van der Waals surface area contributed by atoms with E-state index in [9.17, 15) is 13.2 Å². The molecule has 0 spiro atoms. The molecule has 128 valence electrons. The highest BCUT2D eigenvalue weighted by Crippen LogP contribution is 2.17. The fourth-order valence-electron chi connectivity index (χ4n) is 1.84. The summed E-state index contributed by atoms with van der Waals surface area (Å²) in [5.41, 5.74) is 0.760. The molecule has 0 N–H and O–H groups in total. The molecule has 5 nitrogen and oxygen atoms in total. The SMILES string of the molecule is CN(CC(=O)OCc1ccc(Cl)cc1)S(=O)(=O)c1ccc(Cl)cc1. The first-order chi connectivity index (χ1) is 11.3. The summed E-state index contributed by atoms with van der Waals surface area (Å²) in [4.78, 5) is 11.9. The Morgan fingerprint density at radius 1 is 1.00 bits per heavy atom. The molecule has 2 aromatic carbocycles. The van der Waals surface area contributed by atoms with E-state index in [4.69, 9.17) is 27.9 Å². The summed E-state index contributed by atoms with van der Waals surface area (Å²) in [5, 5.41) is 1.01. The van der Waals surface area contributed by atoms with E-state index in [1.807, 2.05) is 0 Å². The summed E-state index contributed by atoms with van der Waals surface area (Å²) in [6.45, 7) is -0.344. The van der Waals surface area contributed by atoms with Gasteiger partial charge in [0.1, 0.15) is 13.2 Å². The number of carbonyl (C=O) groups excluding carboxylic acids is 1. The fourth-order valence-corrected chi connectivity index (χ4v) is 3.21. The van der Waals surface area contributed by atoms with Crippen LogP contribution in [0.15, 0.2) is 53.4 Å². The third kappa shape index (κ3) is 4.95. The third-order valence-electron chi connectivity index (χ3n) is 3.19. The molecule has 0 aliphatic carbocycles. The zero-order valence-electron chi connectivity index (χ0n) is 12.8. The maximum atomic E-state index is 12.4. The number of halogens is 2. The molecule has 2 aromatic rings. The zero-order valence-corrected chi connectivity index (χ0v) is 15.1. The highest BCUT2D eigenvalue weighted by molar-refractivity contribution is 7.89. The van der Waals surface area contributed by atoms with Gasteiger partial charge in [0.25, 0.3) is 0 Å². The topological polar surface area (TPSA) is 63.7 Å². The monoisotopic (exact) mass is 387 g/mol. The van der Waals surface area contributed by atoms with Gasteiger partial charge >= 0.3 is 5.97 Å². The van der Waals surface area contributed by atoms with Gasteiger partial charge in [-0.2, -0.15) is 4.31 Å². The first kappa shape index (κ1) is 18.7. The van der Waals surface area contributed by atoms with Crippen LogP contribution in [0.1, 0.15) is 5.56 Å². The largest absolute Gasteiger partial charge is 0.460 e. The van der Waals surface area contributed by atoms with Gasteiger partial charge in [-0.1, -0.05) is 35.3 Å². The molecule has 0 saturated heterocycles. The second-order valence-electron chi connectivity index (χ2n) is 5.00. The quantitative estimate of drug-likeness (QED) is 0.712. The number of sulfonamides is 1. The van der Waals surface area contributed by atoms with E-state index in [2.05, 4.69) is 0 Å². The number of likely N-dealkylation sites (N-methyl/N-ethyl adjacent to an activating group) is 1. The van der Waals surface area contributed by atoms with Crippen LogP contribution in [0.5, 0.6) is 0 Å². The van der Waals surface area contributed by atoms with Gasteiger partial charge < -0.3 is 4.74 Å². The van der Waals surface area contributed by atoms with E-state index in [1.165, 1.54) is 31.3 Å². The molecule has 0 bridgehead atoms. The Hall–Kier alpha value is -1.60. The first-order valence-electron chi connectivity index (χ1n) is 6.91. The van der Waals surface area contributed by atoms with Crippen LogP contribution in [0.3, 0.4) is 0 Å². The molecule has 2 rings (SSSR count). The van der Waals surface area contributed by atoms with Crippen molar-refractivity contribution in [1.29, 1.82) is 0 Å². The minimum absolute atomic E-state index is 0.0465. The van der Waals surface area contributed by atoms with Crippen molar-refractivity contribution in [3.05, 3.63) is 64.1 Å². The van der Waals surface area contributed by atoms with Gasteiger partial charge in [-0.15, -0.1) is 0 Å². The summed E-state index contributed by atoms with van der Waals surface area (Å²) in [6, 6.07) is 12.5. The molecule has 0 saturated carbocycles. The molecule has 24 heavy (non-hydrogen) atoms. The fraction of sp³-hybridized carbons (Fsp3) is 0.188. The van der Waals surface area contributed by atoms with Gasteiger partial charge in [0.15, 0.2) is 0 Å². The molecule has 0 fully saturated rings. The van der Waals surface area contributed by atoms with Crippen molar-refractivity contribution >= 4 is 39.2 Å². The van der Waals surface area contributed by atoms with Gasteiger partial charge in [0, 0.05) is 17.1 Å². The van der Waals surface area contributed by atoms with Crippen molar-refractivity contribution < 1.29 is 17.9 Å². The van der Waals surface area contributed by atoms with Gasteiger partial charge in [-0.05, 0) is 42.0 Å². The molecule has 0 aromatic heterocycles. The van der Waals surface area contributed by atoms with Crippen LogP contribution < -0.4 is 0 Å². The summed E-state index contributed by atoms with van der Waals surface area (Å²) in [6.07, 6.45) is 0. The van der Waals surface area contributed by atoms with Crippen LogP contribution in [0.4, 0.5) is 0 Å². The van der Waals surface area contributed by atoms with Crippen molar-refractivity contribution in [2.75, 3.05) is 13.6 Å². The van der Waals surface area contributed by atoms with Crippen LogP contribution in [0.25, 0.3) is 0 Å². The Morgan fingerprint density at radius 2 is 1.50 bits per heavy atom. The average Bonchev–Trinajstić information content (AvgIpc) is 2.54. The lowest BCUT2D eigenvalue weighted by Crippen LogP contribution is -2.33. The maximum Gasteiger partial charge on any atom is 0.321 e. The number of ether oxygens (including phenoxy) is 1. The van der Waals surface area contributed by atoms with E-state index in [0.717, 1.165) is 9.87 Å². The number of esters is 1. The average molecular weight is 388 g/mol. The Bertz CT molecular complexity index is 805. The maximum absolute atomic E-state index is 12.4. The lowest BCUT2D eigenvalue weighted by atomic mass is 10.2. The number of rotatable bonds is 6. The Kier molecular flexibility index (Phi) is 6.23. The first-order valence-corrected chi connectivity index (χ1v) is 9.10. The van der Waals surface area contributed by atoms with Gasteiger partial charge in [-0.3, -0.25) is 4.79 Å². The number of nitrogens with zero attached hydrogens (tertiary/aromatic N) is 1. The number of hydrogen-bond donors (Lipinski definition) is 0. The van der Waals surface area contributed by atoms with Gasteiger partial charge in [-0.25, -0.2) is 8.42 Å². The van der Waals surface area contributed by atoms with Gasteiger partial charge in [0.05, 0.1) is 4.90 Å². The lowest BCUT2D eigenvalue weighted by Gasteiger charge is -2.16. The van der Waals surface area contributed by atoms with Crippen molar-refractivity contribution in [2.24, 2.45) is 0 Å². The Morgan fingerprint density at radius 3 is 2.04 bits per heavy atom. The lowest BCUT2D eigenvalue weighted by molar-refractivity contribution is -0.144. The third-order valence-corrected chi connectivity index (χ3v) is 5.51. The van der Waals surface area contributed by atoms with Crippen molar-refractivity contribution in [1.82, 2.24) is 4.31 Å². The van der Waals surface area contributed by atoms with Crippen LogP contribution >= 0.6 is 23.2 Å². The molecule has 0 atom stereocenters. The number of hydrogen-bond acceptors (Lipinski definition) is 4. The van der Waals surface area contributed by atoms with Crippen molar-refractivity contribution in [2.45, 2.75) is 11.5 Å². The van der Waals surface area contributed by atoms with Crippen LogP contribution in [0.2, 0.25) is 10.0 Å². The highest BCUT2D eigenvalue weighted by atomic mass is 35.5. The van der Waals surface area contributed by atoms with Crippen LogP contribution in [-0.2, 0) is 26.2 Å². The summed E-state index contributed by atoms with van der Waals surface area (Å²) in [7, 11) is -2.47. The molecule has 8 heteroatoms. The molecular weight excluding hydrogens is 373 g/mol. The molecule has 0 radical (unpaired) electrons. The van der Waals surface area contributed by atoms with Crippen molar-refractivity contribution in [3.63, 3.8) is 0 Å². The normalized spacial score (nSPS) is 11.5. The summed E-state index contributed by atoms with van der Waals surface area (Å²) in [5.74, 6) is -0.648. The minimum Gasteiger partial charge on any atom is -0.460 e. The second kappa shape index (κ2) is 7.98. The van der Waals surface area contributed by atoms with E-state index < -0.39 is 22.5 Å². The minimum atomic E-state index is -3.78. The predicted molar refractivity (Wildman–Crippen MR) is 92.5 cm³/mol. The Balaban J connectivity index is 1.95. The van der Waals surface area contributed by atoms with E-state index >= 15 is 0 Å². The van der Waals surface area contributed by atoms with Crippen molar-refractivity contribution in [3.8, 4) is 0 Å². The molecule has 0 unspecified atom stereocenters. The molecule has 0 aliphatic rings. The van der Waals surface area contributed by atoms with Crippen LogP contribution in [0, 0.1) is 0 Å². The second-order valence-corrected chi connectivity index (χ2v) is 7.92. The molecule has 0 heterocycles. The number of benzene rings is 2. The standard InChI is InChI=1S/C16H15Cl2NO4S/c1-19(24(21,22)15-8-6-14(18)7-9-15)10-16(20)23-11-12-2-4-13(17)5-3-12/h2-9H,10-11H2,1H3. The van der Waals surface area contributed by atoms with Gasteiger partial charge in [0.2, 0.25) is 10.0 Å². The van der Waals surface area contributed by atoms with Crippen LogP contribution in [-0.4, -0.2) is 32.3 Å². The van der Waals surface area contributed by atoms with E-state index in [1.54, 1.807) is 24.3 Å². The smallest absolute Gasteiger partial charge is 0.321 e. The number of carbonyl (C=O) groups is 1. The Labute approximate surface area is 150 Å². The van der Waals surface area contributed by atoms with E-state index in [0.29, 0.717) is 10.0 Å². The summed E-state index contributed by atoms with van der Waals surface area (Å²) >= 11 is 11.5.